The van der Waals surface area contributed by atoms with Gasteiger partial charge in [0.05, 0.1) is 23.5 Å². The molecule has 2 atom stereocenters. The largest absolute Gasteiger partial charge is 0.460 e. The molecule has 1 saturated heterocycles. The van der Waals surface area contributed by atoms with Crippen LogP contribution in [0, 0.1) is 17.6 Å². The summed E-state index contributed by atoms with van der Waals surface area (Å²) >= 11 is 5.62. The van der Waals surface area contributed by atoms with E-state index in [1.165, 1.54) is 17.0 Å². The molecular weight excluding hydrogens is 397 g/mol. The number of fused-ring (bicyclic) bond motifs is 1. The third kappa shape index (κ3) is 4.11. The van der Waals surface area contributed by atoms with E-state index in [2.05, 4.69) is 4.98 Å². The van der Waals surface area contributed by atoms with Crippen molar-refractivity contribution in [2.75, 3.05) is 13.1 Å². The van der Waals surface area contributed by atoms with E-state index < -0.39 is 46.2 Å². The standard InChI is InChI=1S/C19H20ClF3N2O3/c1-19(2,3)28-14(26)6-10-7-25(8-12(10)21)18(27)13-5-9-4-11(20)15(22)16(23)17(9)24-13/h4-5,10,12,24H,6-8H2,1-3H3/t10-,12+/m0/s1. The van der Waals surface area contributed by atoms with Gasteiger partial charge in [0.1, 0.15) is 17.5 Å². The van der Waals surface area contributed by atoms with Crippen LogP contribution in [0.3, 0.4) is 0 Å². The first kappa shape index (κ1) is 20.5. The average Bonchev–Trinajstić information content (AvgIpc) is 3.14. The van der Waals surface area contributed by atoms with Gasteiger partial charge in [-0.25, -0.2) is 13.2 Å². The molecule has 28 heavy (non-hydrogen) atoms. The summed E-state index contributed by atoms with van der Waals surface area (Å²) in [5, 5.41) is -0.168. The van der Waals surface area contributed by atoms with Crippen molar-refractivity contribution >= 4 is 34.4 Å². The number of hydrogen-bond donors (Lipinski definition) is 1. The van der Waals surface area contributed by atoms with Crippen molar-refractivity contribution in [1.29, 1.82) is 0 Å². The van der Waals surface area contributed by atoms with E-state index in [-0.39, 0.29) is 36.1 Å². The minimum absolute atomic E-state index is 0.0133. The topological polar surface area (TPSA) is 62.4 Å². The van der Waals surface area contributed by atoms with Crippen LogP contribution in [-0.4, -0.2) is 46.6 Å². The highest BCUT2D eigenvalue weighted by Gasteiger charge is 2.38. The number of nitrogens with one attached hydrogen (secondary N) is 1. The zero-order valence-electron chi connectivity index (χ0n) is 15.6. The number of aromatic nitrogens is 1. The molecule has 5 nitrogen and oxygen atoms in total. The molecule has 1 aliphatic rings. The molecule has 0 radical (unpaired) electrons. The van der Waals surface area contributed by atoms with Crippen molar-refractivity contribution < 1.29 is 27.5 Å². The molecule has 3 rings (SSSR count). The lowest BCUT2D eigenvalue weighted by Crippen LogP contribution is -2.30. The van der Waals surface area contributed by atoms with Crippen molar-refractivity contribution in [1.82, 2.24) is 9.88 Å². The van der Waals surface area contributed by atoms with Crippen molar-refractivity contribution in [3.8, 4) is 0 Å². The Bertz CT molecular complexity index is 939. The number of halogens is 4. The van der Waals surface area contributed by atoms with Crippen molar-refractivity contribution in [3.63, 3.8) is 0 Å². The second-order valence-corrected chi connectivity index (χ2v) is 8.32. The predicted octanol–water partition coefficient (Wildman–Crippen LogP) is 4.24. The molecule has 2 heterocycles. The number of ether oxygens (including phenoxy) is 1. The lowest BCUT2D eigenvalue weighted by atomic mass is 10.0. The van der Waals surface area contributed by atoms with Crippen LogP contribution >= 0.6 is 11.6 Å². The van der Waals surface area contributed by atoms with Crippen molar-refractivity contribution in [2.24, 2.45) is 5.92 Å². The number of alkyl halides is 1. The fraction of sp³-hybridized carbons (Fsp3) is 0.474. The summed E-state index contributed by atoms with van der Waals surface area (Å²) in [5.74, 6) is -4.19. The highest BCUT2D eigenvalue weighted by atomic mass is 35.5. The second kappa shape index (κ2) is 7.31. The highest BCUT2D eigenvalue weighted by Crippen LogP contribution is 2.29. The molecule has 1 aliphatic heterocycles. The number of benzene rings is 1. The Morgan fingerprint density at radius 1 is 1.25 bits per heavy atom. The molecule has 1 fully saturated rings. The Balaban J connectivity index is 1.74. The minimum Gasteiger partial charge on any atom is -0.460 e. The van der Waals surface area contributed by atoms with Crippen LogP contribution in [0.1, 0.15) is 37.7 Å². The Labute approximate surface area is 164 Å². The summed E-state index contributed by atoms with van der Waals surface area (Å²) in [4.78, 5) is 28.4. The van der Waals surface area contributed by atoms with E-state index in [0.29, 0.717) is 0 Å². The molecule has 0 spiro atoms. The first-order valence-electron chi connectivity index (χ1n) is 8.77. The number of esters is 1. The van der Waals surface area contributed by atoms with E-state index in [9.17, 15) is 22.8 Å². The van der Waals surface area contributed by atoms with Crippen LogP contribution in [-0.2, 0) is 9.53 Å². The van der Waals surface area contributed by atoms with Gasteiger partial charge in [-0.05, 0) is 32.9 Å². The highest BCUT2D eigenvalue weighted by molar-refractivity contribution is 6.31. The van der Waals surface area contributed by atoms with E-state index in [1.807, 2.05) is 0 Å². The predicted molar refractivity (Wildman–Crippen MR) is 98.0 cm³/mol. The Hall–Kier alpha value is -2.22. The maximum atomic E-state index is 14.3. The van der Waals surface area contributed by atoms with Gasteiger partial charge in [0.15, 0.2) is 11.6 Å². The zero-order valence-corrected chi connectivity index (χ0v) is 16.4. The van der Waals surface area contributed by atoms with Crippen LogP contribution in [0.4, 0.5) is 13.2 Å². The number of carbonyl (C=O) groups excluding carboxylic acids is 2. The van der Waals surface area contributed by atoms with Gasteiger partial charge in [0, 0.05) is 17.8 Å². The average molecular weight is 417 g/mol. The van der Waals surface area contributed by atoms with Crippen LogP contribution in [0.25, 0.3) is 10.9 Å². The number of aromatic amines is 1. The molecule has 0 bridgehead atoms. The fourth-order valence-electron chi connectivity index (χ4n) is 3.25. The molecule has 0 unspecified atom stereocenters. The summed E-state index contributed by atoms with van der Waals surface area (Å²) in [5.41, 5.74) is -0.880. The van der Waals surface area contributed by atoms with E-state index in [1.54, 1.807) is 20.8 Å². The van der Waals surface area contributed by atoms with Crippen LogP contribution in [0.15, 0.2) is 12.1 Å². The monoisotopic (exact) mass is 416 g/mol. The number of nitrogens with zero attached hydrogens (tertiary/aromatic N) is 1. The fourth-order valence-corrected chi connectivity index (χ4v) is 3.45. The lowest BCUT2D eigenvalue weighted by Gasteiger charge is -2.21. The Kier molecular flexibility index (Phi) is 5.36. The van der Waals surface area contributed by atoms with Gasteiger partial charge in [0.2, 0.25) is 0 Å². The van der Waals surface area contributed by atoms with Gasteiger partial charge in [-0.3, -0.25) is 9.59 Å². The summed E-state index contributed by atoms with van der Waals surface area (Å²) in [6, 6.07) is 2.54. The summed E-state index contributed by atoms with van der Waals surface area (Å²) in [6.45, 7) is 4.97. The summed E-state index contributed by atoms with van der Waals surface area (Å²) in [7, 11) is 0. The SMILES string of the molecule is CC(C)(C)OC(=O)C[C@H]1CN(C(=O)c2cc3cc(Cl)c(F)c(F)c3[nH]2)C[C@H]1F. The molecular formula is C19H20ClF3N2O3. The third-order valence-electron chi connectivity index (χ3n) is 4.48. The molecule has 0 aliphatic carbocycles. The molecule has 1 amide bonds. The lowest BCUT2D eigenvalue weighted by molar-refractivity contribution is -0.156. The normalized spacial score (nSPS) is 20.0. The van der Waals surface area contributed by atoms with Gasteiger partial charge in [-0.15, -0.1) is 0 Å². The summed E-state index contributed by atoms with van der Waals surface area (Å²) in [6.07, 6.45) is -1.53. The maximum Gasteiger partial charge on any atom is 0.306 e. The number of likely N-dealkylation sites (tertiary alicyclic amines) is 1. The van der Waals surface area contributed by atoms with Crippen LogP contribution < -0.4 is 0 Å². The molecule has 2 aromatic rings. The minimum atomic E-state index is -1.38. The molecule has 1 N–H and O–H groups in total. The smallest absolute Gasteiger partial charge is 0.306 e. The number of amides is 1. The quantitative estimate of drug-likeness (QED) is 0.601. The molecule has 0 saturated carbocycles. The van der Waals surface area contributed by atoms with Gasteiger partial charge < -0.3 is 14.6 Å². The van der Waals surface area contributed by atoms with Crippen LogP contribution in [0.2, 0.25) is 5.02 Å². The number of rotatable bonds is 3. The maximum absolute atomic E-state index is 14.3. The van der Waals surface area contributed by atoms with E-state index in [0.717, 1.165) is 0 Å². The van der Waals surface area contributed by atoms with Crippen LogP contribution in [0.5, 0.6) is 0 Å². The van der Waals surface area contributed by atoms with Gasteiger partial charge >= 0.3 is 5.97 Å². The third-order valence-corrected chi connectivity index (χ3v) is 4.76. The number of carbonyl (C=O) groups is 2. The van der Waals surface area contributed by atoms with Crippen molar-refractivity contribution in [2.45, 2.75) is 39.0 Å². The Morgan fingerprint density at radius 2 is 1.93 bits per heavy atom. The summed E-state index contributed by atoms with van der Waals surface area (Å²) < 4.78 is 47.1. The molecule has 9 heteroatoms. The van der Waals surface area contributed by atoms with E-state index in [4.69, 9.17) is 16.3 Å². The van der Waals surface area contributed by atoms with E-state index >= 15 is 0 Å². The number of H-pyrrole nitrogens is 1. The van der Waals surface area contributed by atoms with Gasteiger partial charge in [-0.2, -0.15) is 0 Å². The van der Waals surface area contributed by atoms with Gasteiger partial charge in [-0.1, -0.05) is 11.6 Å². The molecule has 1 aromatic carbocycles. The molecule has 152 valence electrons. The zero-order chi connectivity index (χ0) is 20.8. The van der Waals surface area contributed by atoms with Crippen molar-refractivity contribution in [3.05, 3.63) is 34.5 Å². The first-order valence-corrected chi connectivity index (χ1v) is 9.15. The van der Waals surface area contributed by atoms with Gasteiger partial charge in [0.25, 0.3) is 5.91 Å². The molecule has 1 aromatic heterocycles. The first-order chi connectivity index (χ1) is 13.0. The second-order valence-electron chi connectivity index (χ2n) is 7.91. The Morgan fingerprint density at radius 3 is 2.57 bits per heavy atom. The number of hydrogen-bond acceptors (Lipinski definition) is 3.